The van der Waals surface area contributed by atoms with Crippen molar-refractivity contribution < 1.29 is 19.1 Å². The van der Waals surface area contributed by atoms with Crippen LogP contribution in [0.2, 0.25) is 0 Å². The molecule has 0 fully saturated rings. The van der Waals surface area contributed by atoms with Crippen molar-refractivity contribution in [3.05, 3.63) is 82.5 Å². The van der Waals surface area contributed by atoms with Crippen molar-refractivity contribution in [2.24, 2.45) is 0 Å². The molecule has 2 unspecified atom stereocenters. The second-order valence-corrected chi connectivity index (χ2v) is 10.8. The molecule has 1 aliphatic rings. The van der Waals surface area contributed by atoms with Crippen molar-refractivity contribution in [1.82, 2.24) is 20.4 Å². The molecule has 42 heavy (non-hydrogen) atoms. The van der Waals surface area contributed by atoms with E-state index in [9.17, 15) is 14.9 Å². The van der Waals surface area contributed by atoms with E-state index >= 15 is 0 Å². The van der Waals surface area contributed by atoms with Crippen molar-refractivity contribution in [3.63, 3.8) is 0 Å². The number of hydrogen-bond acceptors (Lipinski definition) is 7. The van der Waals surface area contributed by atoms with E-state index in [-0.39, 0.29) is 25.0 Å². The highest BCUT2D eigenvalue weighted by Gasteiger charge is 2.31. The number of nitrogens with one attached hydrogen (secondary N) is 2. The molecule has 1 aromatic heterocycles. The van der Waals surface area contributed by atoms with Crippen LogP contribution in [-0.4, -0.2) is 60.5 Å². The van der Waals surface area contributed by atoms with Crippen molar-refractivity contribution in [2.45, 2.75) is 32.0 Å². The predicted molar refractivity (Wildman–Crippen MR) is 163 cm³/mol. The number of rotatable bonds is 6. The summed E-state index contributed by atoms with van der Waals surface area (Å²) < 4.78 is 14.3. The number of benzene rings is 3. The third-order valence-electron chi connectivity index (χ3n) is 7.24. The molecule has 5 rings (SSSR count). The largest absolute Gasteiger partial charge is 0.489 e. The summed E-state index contributed by atoms with van der Waals surface area (Å²) >= 11 is 3.51. The summed E-state index contributed by atoms with van der Waals surface area (Å²) in [7, 11) is 1.69. The number of carbonyl (C=O) groups excluding carboxylic acids is 2. The fourth-order valence-corrected chi connectivity index (χ4v) is 5.20. The number of para-hydroxylation sites is 1. The first-order chi connectivity index (χ1) is 20.4. The van der Waals surface area contributed by atoms with Gasteiger partial charge in [0.2, 0.25) is 11.8 Å². The van der Waals surface area contributed by atoms with Gasteiger partial charge in [0.25, 0.3) is 0 Å². The SMILES string of the molecule is CNC(C)C(=O)NC1CCOCCOc2cc(Br)ccc2N(Cc2cccc3c2cnn3-c2ccccc2C#N)C1=O. The van der Waals surface area contributed by atoms with Gasteiger partial charge in [0, 0.05) is 16.5 Å². The van der Waals surface area contributed by atoms with E-state index in [2.05, 4.69) is 37.7 Å². The Hall–Kier alpha value is -4.24. The zero-order valence-corrected chi connectivity index (χ0v) is 24.9. The molecule has 0 bridgehead atoms. The van der Waals surface area contributed by atoms with Crippen molar-refractivity contribution in [3.8, 4) is 17.5 Å². The number of halogens is 1. The third-order valence-corrected chi connectivity index (χ3v) is 7.73. The fourth-order valence-electron chi connectivity index (χ4n) is 4.86. The van der Waals surface area contributed by atoms with Crippen LogP contribution in [0.1, 0.15) is 24.5 Å². The van der Waals surface area contributed by atoms with E-state index < -0.39 is 12.1 Å². The first-order valence-corrected chi connectivity index (χ1v) is 14.4. The molecule has 4 aromatic rings. The first-order valence-electron chi connectivity index (χ1n) is 13.7. The van der Waals surface area contributed by atoms with Gasteiger partial charge in [-0.3, -0.25) is 9.59 Å². The zero-order valence-electron chi connectivity index (χ0n) is 23.3. The number of aromatic nitrogens is 2. The number of hydrogen-bond donors (Lipinski definition) is 2. The third kappa shape index (κ3) is 6.16. The molecule has 0 saturated carbocycles. The summed E-state index contributed by atoms with van der Waals surface area (Å²) in [6, 6.07) is 19.5. The molecule has 0 aliphatic carbocycles. The molecular weight excluding hydrogens is 600 g/mol. The van der Waals surface area contributed by atoms with Gasteiger partial charge in [-0.25, -0.2) is 4.68 Å². The van der Waals surface area contributed by atoms with Gasteiger partial charge in [0.15, 0.2) is 0 Å². The second kappa shape index (κ2) is 13.2. The fraction of sp³-hybridized carbons (Fsp3) is 0.290. The van der Waals surface area contributed by atoms with E-state index in [1.807, 2.05) is 54.6 Å². The molecule has 2 atom stereocenters. The molecular formula is C31H31BrN6O4. The minimum absolute atomic E-state index is 0.189. The Kier molecular flexibility index (Phi) is 9.17. The summed E-state index contributed by atoms with van der Waals surface area (Å²) in [4.78, 5) is 28.9. The maximum Gasteiger partial charge on any atom is 0.250 e. The first kappa shape index (κ1) is 29.3. The summed E-state index contributed by atoms with van der Waals surface area (Å²) in [5.74, 6) is -0.0521. The van der Waals surface area contributed by atoms with Gasteiger partial charge in [-0.15, -0.1) is 0 Å². The lowest BCUT2D eigenvalue weighted by molar-refractivity contribution is -0.129. The van der Waals surface area contributed by atoms with Gasteiger partial charge in [0.1, 0.15) is 24.5 Å². The van der Waals surface area contributed by atoms with Crippen LogP contribution < -0.4 is 20.3 Å². The van der Waals surface area contributed by atoms with Crippen LogP contribution in [0.4, 0.5) is 5.69 Å². The van der Waals surface area contributed by atoms with Gasteiger partial charge in [-0.05, 0) is 62.4 Å². The van der Waals surface area contributed by atoms with Gasteiger partial charge in [-0.2, -0.15) is 10.4 Å². The van der Waals surface area contributed by atoms with Crippen molar-refractivity contribution in [1.29, 1.82) is 5.26 Å². The van der Waals surface area contributed by atoms with Crippen LogP contribution in [0, 0.1) is 11.3 Å². The summed E-state index contributed by atoms with van der Waals surface area (Å²) in [5.41, 5.74) is 3.39. The van der Waals surface area contributed by atoms with E-state index in [1.165, 1.54) is 0 Å². The molecule has 11 heteroatoms. The monoisotopic (exact) mass is 630 g/mol. The minimum Gasteiger partial charge on any atom is -0.489 e. The Balaban J connectivity index is 1.59. The highest BCUT2D eigenvalue weighted by Crippen LogP contribution is 2.35. The van der Waals surface area contributed by atoms with Crippen LogP contribution in [0.15, 0.2) is 71.3 Å². The number of carbonyl (C=O) groups is 2. The minimum atomic E-state index is -0.827. The molecule has 0 spiro atoms. The van der Waals surface area contributed by atoms with Gasteiger partial charge >= 0.3 is 0 Å². The maximum absolute atomic E-state index is 14.3. The highest BCUT2D eigenvalue weighted by molar-refractivity contribution is 9.10. The molecule has 2 N–H and O–H groups in total. The van der Waals surface area contributed by atoms with Crippen LogP contribution >= 0.6 is 15.9 Å². The molecule has 1 aliphatic heterocycles. The Bertz CT molecular complexity index is 1650. The average Bonchev–Trinajstić information content (AvgIpc) is 3.44. The van der Waals surface area contributed by atoms with Crippen molar-refractivity contribution in [2.75, 3.05) is 31.8 Å². The Morgan fingerprint density at radius 1 is 1.14 bits per heavy atom. The average molecular weight is 632 g/mol. The Labute approximate surface area is 252 Å². The quantitative estimate of drug-likeness (QED) is 0.329. The van der Waals surface area contributed by atoms with Crippen LogP contribution in [-0.2, 0) is 20.9 Å². The molecule has 0 saturated heterocycles. The maximum atomic E-state index is 14.3. The summed E-state index contributed by atoms with van der Waals surface area (Å²) in [6.45, 7) is 2.86. The lowest BCUT2D eigenvalue weighted by Gasteiger charge is -2.30. The number of likely N-dealkylation sites (N-methyl/N-ethyl adjacent to an activating group) is 1. The predicted octanol–water partition coefficient (Wildman–Crippen LogP) is 4.08. The number of anilines is 1. The highest BCUT2D eigenvalue weighted by atomic mass is 79.9. The molecule has 2 amide bonds. The van der Waals surface area contributed by atoms with Crippen LogP contribution in [0.25, 0.3) is 16.6 Å². The molecule has 10 nitrogen and oxygen atoms in total. The lowest BCUT2D eigenvalue weighted by Crippen LogP contribution is -2.53. The lowest BCUT2D eigenvalue weighted by atomic mass is 10.1. The van der Waals surface area contributed by atoms with E-state index in [0.717, 1.165) is 20.9 Å². The number of fused-ring (bicyclic) bond motifs is 2. The van der Waals surface area contributed by atoms with Crippen molar-refractivity contribution >= 4 is 44.3 Å². The molecule has 0 radical (unpaired) electrons. The van der Waals surface area contributed by atoms with Crippen LogP contribution in [0.3, 0.4) is 0 Å². The van der Waals surface area contributed by atoms with E-state index in [1.54, 1.807) is 35.8 Å². The van der Waals surface area contributed by atoms with Crippen LogP contribution in [0.5, 0.6) is 5.75 Å². The second-order valence-electron chi connectivity index (χ2n) is 9.89. The van der Waals surface area contributed by atoms with E-state index in [4.69, 9.17) is 9.47 Å². The Morgan fingerprint density at radius 3 is 2.79 bits per heavy atom. The summed E-state index contributed by atoms with van der Waals surface area (Å²) in [5, 5.41) is 20.9. The zero-order chi connectivity index (χ0) is 29.6. The van der Waals surface area contributed by atoms with E-state index in [0.29, 0.717) is 42.3 Å². The normalized spacial score (nSPS) is 16.6. The summed E-state index contributed by atoms with van der Waals surface area (Å²) in [6.07, 6.45) is 2.05. The topological polar surface area (TPSA) is 122 Å². The molecule has 2 heterocycles. The number of ether oxygens (including phenoxy) is 2. The van der Waals surface area contributed by atoms with Gasteiger partial charge < -0.3 is 25.0 Å². The molecule has 216 valence electrons. The smallest absolute Gasteiger partial charge is 0.250 e. The number of nitrogens with zero attached hydrogens (tertiary/aromatic N) is 4. The Morgan fingerprint density at radius 2 is 1.98 bits per heavy atom. The number of nitriles is 1. The number of amides is 2. The standard InChI is InChI=1S/C31H31BrN6O4/c1-20(34-2)30(39)36-25-12-13-41-14-15-42-29-16-23(32)10-11-28(29)37(31(25)40)19-22-7-5-9-27-24(22)18-35-38(27)26-8-4-3-6-21(26)17-33/h3-11,16,18,20,25,34H,12-15,19H2,1-2H3,(H,36,39). The van der Waals surface area contributed by atoms with Gasteiger partial charge in [0.05, 0.1) is 47.8 Å². The molecule has 3 aromatic carbocycles. The van der Waals surface area contributed by atoms with Gasteiger partial charge in [-0.1, -0.05) is 40.2 Å².